The number of hydrogen-bond acceptors (Lipinski definition) is 4. The number of hydrogen-bond donors (Lipinski definition) is 1. The van der Waals surface area contributed by atoms with E-state index in [0.29, 0.717) is 24.7 Å². The molecule has 114 valence electrons. The van der Waals surface area contributed by atoms with Crippen molar-refractivity contribution in [2.24, 2.45) is 0 Å². The highest BCUT2D eigenvalue weighted by Crippen LogP contribution is 2.25. The molecule has 2 atom stereocenters. The first-order valence-corrected chi connectivity index (χ1v) is 8.30. The summed E-state index contributed by atoms with van der Waals surface area (Å²) >= 11 is 0. The van der Waals surface area contributed by atoms with E-state index < -0.39 is 10.0 Å². The fourth-order valence-electron chi connectivity index (χ4n) is 2.98. The zero-order valence-corrected chi connectivity index (χ0v) is 13.2. The van der Waals surface area contributed by atoms with E-state index in [4.69, 9.17) is 5.26 Å². The summed E-state index contributed by atoms with van der Waals surface area (Å²) in [7, 11) is -3.45. The van der Waals surface area contributed by atoms with E-state index in [0.717, 1.165) is 19.3 Å². The number of halogens is 1. The van der Waals surface area contributed by atoms with Gasteiger partial charge in [0.1, 0.15) is 0 Å². The van der Waals surface area contributed by atoms with Gasteiger partial charge in [-0.25, -0.2) is 8.42 Å². The van der Waals surface area contributed by atoms with Crippen molar-refractivity contribution < 1.29 is 8.42 Å². The summed E-state index contributed by atoms with van der Waals surface area (Å²) in [6, 6.07) is 8.87. The summed E-state index contributed by atoms with van der Waals surface area (Å²) in [4.78, 5) is 0.272. The number of benzene rings is 1. The largest absolute Gasteiger partial charge is 0.310 e. The minimum Gasteiger partial charge on any atom is -0.310 e. The van der Waals surface area contributed by atoms with Crippen LogP contribution >= 0.6 is 12.4 Å². The van der Waals surface area contributed by atoms with Gasteiger partial charge in [0.15, 0.2) is 0 Å². The second-order valence-corrected chi connectivity index (χ2v) is 7.36. The maximum atomic E-state index is 12.6. The molecule has 5 nitrogen and oxygen atoms in total. The molecule has 2 saturated heterocycles. The molecular weight excluding hydrogens is 310 g/mol. The zero-order valence-electron chi connectivity index (χ0n) is 11.5. The summed E-state index contributed by atoms with van der Waals surface area (Å²) in [6.07, 6.45) is 3.06. The van der Waals surface area contributed by atoms with Crippen LogP contribution in [0.25, 0.3) is 0 Å². The highest BCUT2D eigenvalue weighted by atomic mass is 35.5. The van der Waals surface area contributed by atoms with E-state index in [2.05, 4.69) is 5.32 Å². The third kappa shape index (κ3) is 3.22. The van der Waals surface area contributed by atoms with Crippen molar-refractivity contribution in [1.82, 2.24) is 9.62 Å². The normalized spacial score (nSPS) is 25.7. The molecule has 2 bridgehead atoms. The van der Waals surface area contributed by atoms with Gasteiger partial charge in [0.25, 0.3) is 0 Å². The minimum absolute atomic E-state index is 0. The molecule has 2 aliphatic rings. The van der Waals surface area contributed by atoms with Gasteiger partial charge < -0.3 is 5.32 Å². The number of fused-ring (bicyclic) bond motifs is 2. The molecule has 0 amide bonds. The van der Waals surface area contributed by atoms with Crippen LogP contribution in [-0.2, 0) is 10.0 Å². The van der Waals surface area contributed by atoms with Gasteiger partial charge in [-0.1, -0.05) is 0 Å². The molecule has 21 heavy (non-hydrogen) atoms. The molecule has 2 heterocycles. The first kappa shape index (κ1) is 16.2. The first-order valence-electron chi connectivity index (χ1n) is 6.86. The number of nitrogens with zero attached hydrogens (tertiary/aromatic N) is 2. The van der Waals surface area contributed by atoms with E-state index in [1.165, 1.54) is 12.1 Å². The molecule has 0 saturated carbocycles. The Bertz CT molecular complexity index is 639. The average Bonchev–Trinajstić information content (AvgIpc) is 2.77. The van der Waals surface area contributed by atoms with E-state index in [1.807, 2.05) is 6.07 Å². The predicted molar refractivity (Wildman–Crippen MR) is 81.7 cm³/mol. The van der Waals surface area contributed by atoms with Gasteiger partial charge in [-0.05, 0) is 43.5 Å². The van der Waals surface area contributed by atoms with Crippen LogP contribution < -0.4 is 5.32 Å². The van der Waals surface area contributed by atoms with Crippen molar-refractivity contribution in [2.75, 3.05) is 13.1 Å². The molecule has 1 aromatic carbocycles. The van der Waals surface area contributed by atoms with Crippen molar-refractivity contribution in [2.45, 2.75) is 36.2 Å². The van der Waals surface area contributed by atoms with Crippen molar-refractivity contribution in [3.05, 3.63) is 29.8 Å². The standard InChI is InChI=1S/C14H17N3O2S.ClH/c15-9-11-1-5-14(6-2-11)20(18,19)17-8-7-12-3-4-13(10-17)16-12;/h1-2,5-6,12-13,16H,3-4,7-8,10H2;1H. The van der Waals surface area contributed by atoms with Crippen molar-refractivity contribution in [3.63, 3.8) is 0 Å². The summed E-state index contributed by atoms with van der Waals surface area (Å²) in [6.45, 7) is 1.11. The van der Waals surface area contributed by atoms with Gasteiger partial charge in [0.2, 0.25) is 10.0 Å². The van der Waals surface area contributed by atoms with Crippen LogP contribution in [0.3, 0.4) is 0 Å². The molecule has 2 aliphatic heterocycles. The van der Waals surface area contributed by atoms with E-state index in [1.54, 1.807) is 16.4 Å². The average molecular weight is 328 g/mol. The van der Waals surface area contributed by atoms with Crippen LogP contribution in [0.15, 0.2) is 29.2 Å². The SMILES string of the molecule is Cl.N#Cc1ccc(S(=O)(=O)N2CCC3CCC(C2)N3)cc1. The quantitative estimate of drug-likeness (QED) is 0.893. The topological polar surface area (TPSA) is 73.2 Å². The van der Waals surface area contributed by atoms with Crippen LogP contribution in [0.5, 0.6) is 0 Å². The fourth-order valence-corrected chi connectivity index (χ4v) is 4.48. The Morgan fingerprint density at radius 3 is 2.48 bits per heavy atom. The molecular formula is C14H18ClN3O2S. The van der Waals surface area contributed by atoms with Gasteiger partial charge in [0, 0.05) is 25.2 Å². The monoisotopic (exact) mass is 327 g/mol. The van der Waals surface area contributed by atoms with Crippen molar-refractivity contribution in [3.8, 4) is 6.07 Å². The third-order valence-electron chi connectivity index (χ3n) is 4.11. The van der Waals surface area contributed by atoms with Gasteiger partial charge in [-0.15, -0.1) is 12.4 Å². The molecule has 0 aliphatic carbocycles. The molecule has 1 aromatic rings. The molecule has 1 N–H and O–H groups in total. The Hall–Kier alpha value is -1.13. The van der Waals surface area contributed by atoms with Crippen molar-refractivity contribution in [1.29, 1.82) is 5.26 Å². The molecule has 2 unspecified atom stereocenters. The lowest BCUT2D eigenvalue weighted by atomic mass is 10.1. The zero-order chi connectivity index (χ0) is 14.2. The van der Waals surface area contributed by atoms with Gasteiger partial charge >= 0.3 is 0 Å². The summed E-state index contributed by atoms with van der Waals surface area (Å²) in [5.74, 6) is 0. The van der Waals surface area contributed by atoms with Crippen LogP contribution in [0.2, 0.25) is 0 Å². The van der Waals surface area contributed by atoms with Crippen LogP contribution in [0, 0.1) is 11.3 Å². The highest BCUT2D eigenvalue weighted by Gasteiger charge is 2.34. The molecule has 7 heteroatoms. The second-order valence-electron chi connectivity index (χ2n) is 5.43. The highest BCUT2D eigenvalue weighted by molar-refractivity contribution is 7.89. The second kappa shape index (κ2) is 6.32. The van der Waals surface area contributed by atoms with Crippen molar-refractivity contribution >= 4 is 22.4 Å². The minimum atomic E-state index is -3.45. The Morgan fingerprint density at radius 1 is 1.14 bits per heavy atom. The third-order valence-corrected chi connectivity index (χ3v) is 5.99. The number of nitrogens with one attached hydrogen (secondary N) is 1. The van der Waals surface area contributed by atoms with E-state index in [-0.39, 0.29) is 23.3 Å². The summed E-state index contributed by atoms with van der Waals surface area (Å²) in [5.41, 5.74) is 0.473. The fraction of sp³-hybridized carbons (Fsp3) is 0.500. The van der Waals surface area contributed by atoms with Crippen LogP contribution in [0.4, 0.5) is 0 Å². The summed E-state index contributed by atoms with van der Waals surface area (Å²) < 4.78 is 26.8. The molecule has 0 spiro atoms. The van der Waals surface area contributed by atoms with Gasteiger partial charge in [-0.2, -0.15) is 9.57 Å². The lowest BCUT2D eigenvalue weighted by Crippen LogP contribution is -2.39. The van der Waals surface area contributed by atoms with E-state index in [9.17, 15) is 8.42 Å². The Balaban J connectivity index is 0.00000161. The molecule has 3 rings (SSSR count). The first-order chi connectivity index (χ1) is 9.59. The van der Waals surface area contributed by atoms with E-state index >= 15 is 0 Å². The Labute approximate surface area is 131 Å². The molecule has 0 aromatic heterocycles. The Kier molecular flexibility index (Phi) is 4.89. The van der Waals surface area contributed by atoms with Crippen LogP contribution in [0.1, 0.15) is 24.8 Å². The summed E-state index contributed by atoms with van der Waals surface area (Å²) in [5, 5.41) is 12.2. The van der Waals surface area contributed by atoms with Crippen LogP contribution in [-0.4, -0.2) is 37.9 Å². The predicted octanol–water partition coefficient (Wildman–Crippen LogP) is 1.50. The number of nitriles is 1. The van der Waals surface area contributed by atoms with Gasteiger partial charge in [0.05, 0.1) is 16.5 Å². The van der Waals surface area contributed by atoms with Gasteiger partial charge in [-0.3, -0.25) is 0 Å². The number of rotatable bonds is 2. The smallest absolute Gasteiger partial charge is 0.243 e. The lowest BCUT2D eigenvalue weighted by Gasteiger charge is -2.23. The maximum absolute atomic E-state index is 12.6. The lowest BCUT2D eigenvalue weighted by molar-refractivity contribution is 0.383. The Morgan fingerprint density at radius 2 is 1.81 bits per heavy atom. The molecule has 0 radical (unpaired) electrons. The maximum Gasteiger partial charge on any atom is 0.243 e. The number of sulfonamides is 1. The molecule has 2 fully saturated rings.